The molecule has 29 heavy (non-hydrogen) atoms. The Morgan fingerprint density at radius 3 is 2.34 bits per heavy atom. The van der Waals surface area contributed by atoms with Crippen LogP contribution in [0.3, 0.4) is 0 Å². The summed E-state index contributed by atoms with van der Waals surface area (Å²) in [6.45, 7) is 3.28. The molecule has 3 rings (SSSR count). The normalized spacial score (nSPS) is 11.6. The molecule has 0 amide bonds. The Bertz CT molecular complexity index is 1240. The van der Waals surface area contributed by atoms with Crippen LogP contribution in [0.2, 0.25) is 0 Å². The number of carbonyl (C=O) groups is 1. The van der Waals surface area contributed by atoms with Crippen LogP contribution in [0.5, 0.6) is 5.75 Å². The van der Waals surface area contributed by atoms with Crippen LogP contribution in [0.15, 0.2) is 24.3 Å². The highest BCUT2D eigenvalue weighted by atomic mass is 32.2. The molecule has 152 valence electrons. The third-order valence-corrected chi connectivity index (χ3v) is 5.01. The third-order valence-electron chi connectivity index (χ3n) is 4.44. The van der Waals surface area contributed by atoms with E-state index in [4.69, 9.17) is 0 Å². The van der Waals surface area contributed by atoms with Crippen molar-refractivity contribution in [3.05, 3.63) is 58.2 Å². The number of benzene rings is 1. The minimum absolute atomic E-state index is 0.0425. The number of aryl methyl sites for hydroxylation is 2. The summed E-state index contributed by atoms with van der Waals surface area (Å²) in [5, 5.41) is 20.1. The van der Waals surface area contributed by atoms with Gasteiger partial charge in [-0.25, -0.2) is 27.6 Å². The zero-order valence-corrected chi connectivity index (χ0v) is 16.6. The van der Waals surface area contributed by atoms with Gasteiger partial charge in [0.2, 0.25) is 10.0 Å². The molecule has 0 aliphatic heterocycles. The van der Waals surface area contributed by atoms with Gasteiger partial charge in [0.15, 0.2) is 11.4 Å². The minimum atomic E-state index is -3.72. The first kappa shape index (κ1) is 20.5. The fraction of sp³-hybridized carbons (Fsp3) is 0.211. The fourth-order valence-corrected chi connectivity index (χ4v) is 3.70. The summed E-state index contributed by atoms with van der Waals surface area (Å²) in [5.41, 5.74) is 1.47. The van der Waals surface area contributed by atoms with Gasteiger partial charge < -0.3 is 10.2 Å². The number of carboxylic acid groups (broad SMARTS) is 1. The third kappa shape index (κ3) is 4.11. The van der Waals surface area contributed by atoms with Crippen molar-refractivity contribution < 1.29 is 27.8 Å². The number of carboxylic acids is 1. The molecule has 0 unspecified atom stereocenters. The van der Waals surface area contributed by atoms with Crippen LogP contribution in [0.25, 0.3) is 10.9 Å². The molecular formula is C19H18FN3O5S. The Hall–Kier alpha value is -3.27. The highest BCUT2D eigenvalue weighted by Gasteiger charge is 2.23. The number of halogens is 1. The number of fused-ring (bicyclic) bond motifs is 1. The lowest BCUT2D eigenvalue weighted by Gasteiger charge is -2.17. The number of aromatic carboxylic acids is 1. The molecule has 2 heterocycles. The molecule has 0 aliphatic rings. The maximum absolute atomic E-state index is 13.2. The molecule has 0 saturated carbocycles. The van der Waals surface area contributed by atoms with Crippen molar-refractivity contribution in [3.63, 3.8) is 0 Å². The number of aromatic nitrogens is 2. The number of hydrogen-bond acceptors (Lipinski definition) is 6. The summed E-state index contributed by atoms with van der Waals surface area (Å²) in [5.74, 6) is -2.52. The standard InChI is InChI=1S/C19H18FN3O5S/c1-9-13(8-11-4-6-12(20)7-5-11)18(23-29(3,27)28)22-15-14(9)10(2)21-16(17(15)24)19(25)26/h4-7,24H,8H2,1-3H3,(H,22,23)(H,25,26). The Kier molecular flexibility index (Phi) is 5.14. The fourth-order valence-electron chi connectivity index (χ4n) is 3.18. The van der Waals surface area contributed by atoms with Crippen LogP contribution in [0.1, 0.15) is 32.9 Å². The summed E-state index contributed by atoms with van der Waals surface area (Å²) in [7, 11) is -3.72. The molecule has 10 heteroatoms. The van der Waals surface area contributed by atoms with Crippen molar-refractivity contribution in [3.8, 4) is 5.75 Å². The molecule has 0 spiro atoms. The zero-order chi connectivity index (χ0) is 21.5. The second-order valence-corrected chi connectivity index (χ2v) is 8.41. The predicted molar refractivity (Wildman–Crippen MR) is 105 cm³/mol. The van der Waals surface area contributed by atoms with Crippen molar-refractivity contribution in [2.75, 3.05) is 11.0 Å². The molecule has 3 N–H and O–H groups in total. The topological polar surface area (TPSA) is 129 Å². The number of nitrogens with one attached hydrogen (secondary N) is 1. The molecule has 0 radical (unpaired) electrons. The molecule has 3 aromatic rings. The van der Waals surface area contributed by atoms with Crippen molar-refractivity contribution in [1.82, 2.24) is 9.97 Å². The number of nitrogens with zero attached hydrogens (tertiary/aromatic N) is 2. The van der Waals surface area contributed by atoms with Crippen LogP contribution in [0.4, 0.5) is 10.2 Å². The number of sulfonamides is 1. The zero-order valence-electron chi connectivity index (χ0n) is 15.8. The van der Waals surface area contributed by atoms with Crippen molar-refractivity contribution in [2.24, 2.45) is 0 Å². The first-order valence-corrected chi connectivity index (χ1v) is 10.4. The molecule has 0 bridgehead atoms. The van der Waals surface area contributed by atoms with Crippen LogP contribution in [-0.2, 0) is 16.4 Å². The molecule has 0 atom stereocenters. The molecule has 2 aromatic heterocycles. The summed E-state index contributed by atoms with van der Waals surface area (Å²) in [6, 6.07) is 5.72. The monoisotopic (exact) mass is 419 g/mol. The van der Waals surface area contributed by atoms with Gasteiger partial charge in [0.25, 0.3) is 0 Å². The Balaban J connectivity index is 2.33. The van der Waals surface area contributed by atoms with E-state index in [9.17, 15) is 27.8 Å². The van der Waals surface area contributed by atoms with Gasteiger partial charge in [-0.1, -0.05) is 12.1 Å². The van der Waals surface area contributed by atoms with Gasteiger partial charge in [0.05, 0.1) is 6.26 Å². The minimum Gasteiger partial charge on any atom is -0.504 e. The summed E-state index contributed by atoms with van der Waals surface area (Å²) < 4.78 is 39.3. The Morgan fingerprint density at radius 1 is 1.17 bits per heavy atom. The Labute approximate surface area is 166 Å². The second-order valence-electron chi connectivity index (χ2n) is 6.66. The number of anilines is 1. The second kappa shape index (κ2) is 7.28. The lowest BCUT2D eigenvalue weighted by molar-refractivity contribution is 0.0687. The average molecular weight is 419 g/mol. The lowest BCUT2D eigenvalue weighted by atomic mass is 9.96. The maximum Gasteiger partial charge on any atom is 0.358 e. The van der Waals surface area contributed by atoms with Gasteiger partial charge in [-0.3, -0.25) is 4.72 Å². The molecule has 8 nitrogen and oxygen atoms in total. The average Bonchev–Trinajstić information content (AvgIpc) is 2.61. The van der Waals surface area contributed by atoms with E-state index in [0.717, 1.165) is 6.26 Å². The molecular weight excluding hydrogens is 401 g/mol. The van der Waals surface area contributed by atoms with Crippen LogP contribution < -0.4 is 4.72 Å². The van der Waals surface area contributed by atoms with E-state index in [2.05, 4.69) is 14.7 Å². The summed E-state index contributed by atoms with van der Waals surface area (Å²) in [4.78, 5) is 19.5. The number of pyridine rings is 2. The van der Waals surface area contributed by atoms with Crippen LogP contribution in [0, 0.1) is 19.7 Å². The predicted octanol–water partition coefficient (Wildman–Crippen LogP) is 2.75. The maximum atomic E-state index is 13.2. The highest BCUT2D eigenvalue weighted by Crippen LogP contribution is 2.35. The SMILES string of the molecule is Cc1nc(C(=O)O)c(O)c2nc(NS(C)(=O)=O)c(Cc3ccc(F)cc3)c(C)c12. The van der Waals surface area contributed by atoms with E-state index in [-0.39, 0.29) is 17.8 Å². The van der Waals surface area contributed by atoms with Gasteiger partial charge in [-0.2, -0.15) is 0 Å². The first-order valence-electron chi connectivity index (χ1n) is 8.46. The molecule has 0 fully saturated rings. The van der Waals surface area contributed by atoms with E-state index in [1.54, 1.807) is 26.0 Å². The summed E-state index contributed by atoms with van der Waals surface area (Å²) in [6.07, 6.45) is 1.18. The van der Waals surface area contributed by atoms with E-state index < -0.39 is 33.3 Å². The van der Waals surface area contributed by atoms with Gasteiger partial charge in [0.1, 0.15) is 17.2 Å². The van der Waals surface area contributed by atoms with Crippen molar-refractivity contribution in [2.45, 2.75) is 20.3 Å². The van der Waals surface area contributed by atoms with Crippen molar-refractivity contribution in [1.29, 1.82) is 0 Å². The first-order chi connectivity index (χ1) is 13.5. The number of rotatable bonds is 5. The smallest absolute Gasteiger partial charge is 0.358 e. The molecule has 0 aliphatic carbocycles. The Morgan fingerprint density at radius 2 is 1.79 bits per heavy atom. The van der Waals surface area contributed by atoms with Crippen LogP contribution >= 0.6 is 0 Å². The van der Waals surface area contributed by atoms with Gasteiger partial charge in [0, 0.05) is 23.1 Å². The lowest BCUT2D eigenvalue weighted by Crippen LogP contribution is -2.15. The molecule has 0 saturated heterocycles. The number of aromatic hydroxyl groups is 1. The van der Waals surface area contributed by atoms with Gasteiger partial charge >= 0.3 is 5.97 Å². The van der Waals surface area contributed by atoms with Crippen LogP contribution in [-0.4, -0.2) is 40.8 Å². The van der Waals surface area contributed by atoms with E-state index >= 15 is 0 Å². The largest absolute Gasteiger partial charge is 0.504 e. The number of hydrogen-bond donors (Lipinski definition) is 3. The van der Waals surface area contributed by atoms with Gasteiger partial charge in [-0.05, 0) is 37.1 Å². The van der Waals surface area contributed by atoms with Gasteiger partial charge in [-0.15, -0.1) is 0 Å². The van der Waals surface area contributed by atoms with E-state index in [1.807, 2.05) is 0 Å². The quantitative estimate of drug-likeness (QED) is 0.580. The van der Waals surface area contributed by atoms with E-state index in [0.29, 0.717) is 27.8 Å². The van der Waals surface area contributed by atoms with Crippen molar-refractivity contribution >= 4 is 32.7 Å². The molecule has 1 aromatic carbocycles. The van der Waals surface area contributed by atoms with E-state index in [1.165, 1.54) is 12.1 Å². The highest BCUT2D eigenvalue weighted by molar-refractivity contribution is 7.92. The summed E-state index contributed by atoms with van der Waals surface area (Å²) >= 11 is 0.